The van der Waals surface area contributed by atoms with Crippen LogP contribution in [0.1, 0.15) is 52.0 Å². The van der Waals surface area contributed by atoms with Crippen LogP contribution >= 0.6 is 0 Å². The second-order valence-corrected chi connectivity index (χ2v) is 8.66. The monoisotopic (exact) mass is 376 g/mol. The number of hydrogen-bond acceptors (Lipinski definition) is 1. The Kier molecular flexibility index (Phi) is 5.29. The van der Waals surface area contributed by atoms with Crippen molar-refractivity contribution in [2.75, 3.05) is 0 Å². The summed E-state index contributed by atoms with van der Waals surface area (Å²) in [5.41, 5.74) is -0.379. The van der Waals surface area contributed by atoms with Gasteiger partial charge in [-0.25, -0.2) is 0 Å². The second-order valence-electron chi connectivity index (χ2n) is 8.66. The molecule has 1 nitrogen and oxygen atoms in total. The van der Waals surface area contributed by atoms with Crippen molar-refractivity contribution in [2.24, 2.45) is 11.3 Å². The van der Waals surface area contributed by atoms with E-state index in [9.17, 15) is 13.2 Å². The highest BCUT2D eigenvalue weighted by atomic mass is 19.4. The lowest BCUT2D eigenvalue weighted by atomic mass is 9.72. The van der Waals surface area contributed by atoms with Gasteiger partial charge in [-0.3, -0.25) is 0 Å². The van der Waals surface area contributed by atoms with Gasteiger partial charge in [-0.15, -0.1) is 0 Å². The number of hydrogen-bond donors (Lipinski definition) is 0. The lowest BCUT2D eigenvalue weighted by Crippen LogP contribution is -2.30. The molecule has 1 fully saturated rings. The minimum absolute atomic E-state index is 0.101. The molecular weight excluding hydrogens is 349 g/mol. The van der Waals surface area contributed by atoms with Gasteiger partial charge in [0, 0.05) is 0 Å². The first kappa shape index (κ1) is 19.8. The summed E-state index contributed by atoms with van der Waals surface area (Å²) in [6, 6.07) is 10.3. The Hall–Kier alpha value is -1.97. The van der Waals surface area contributed by atoms with Gasteiger partial charge in [-0.2, -0.15) is 13.2 Å². The minimum Gasteiger partial charge on any atom is -0.490 e. The average molecular weight is 376 g/mol. The van der Waals surface area contributed by atoms with Crippen molar-refractivity contribution in [1.82, 2.24) is 0 Å². The fourth-order valence-electron chi connectivity index (χ4n) is 3.89. The van der Waals surface area contributed by atoms with Crippen molar-refractivity contribution < 1.29 is 17.9 Å². The highest BCUT2D eigenvalue weighted by Gasteiger charge is 2.33. The summed E-state index contributed by atoms with van der Waals surface area (Å²) < 4.78 is 44.7. The molecule has 0 aliphatic heterocycles. The number of fused-ring (bicyclic) bond motifs is 1. The summed E-state index contributed by atoms with van der Waals surface area (Å²) in [6.07, 6.45) is 0.234. The Bertz CT molecular complexity index is 822. The zero-order chi connectivity index (χ0) is 19.8. The highest BCUT2D eigenvalue weighted by Crippen LogP contribution is 2.39. The SMILES string of the molecule is C=C(c1ccc2cc(OC3CCC(C(C)(C)C)CC3)ccc2c1)C(F)(F)F. The average Bonchev–Trinajstić information content (AvgIpc) is 2.59. The molecule has 0 heterocycles. The predicted octanol–water partition coefficient (Wildman–Crippen LogP) is 7.40. The van der Waals surface area contributed by atoms with Crippen LogP contribution in [0.25, 0.3) is 16.3 Å². The van der Waals surface area contributed by atoms with Crippen molar-refractivity contribution >= 4 is 16.3 Å². The number of ether oxygens (including phenoxy) is 1. The lowest BCUT2D eigenvalue weighted by molar-refractivity contribution is -0.0686. The standard InChI is InChI=1S/C23H27F3O/c1-15(23(24,25)26)16-5-6-18-14-21(10-7-17(18)13-16)27-20-11-8-19(9-12-20)22(2,3)4/h5-7,10,13-14,19-20H,1,8-9,11-12H2,2-4H3. The number of rotatable bonds is 3. The van der Waals surface area contributed by atoms with Gasteiger partial charge in [0.25, 0.3) is 0 Å². The van der Waals surface area contributed by atoms with Crippen molar-refractivity contribution in [3.63, 3.8) is 0 Å². The molecule has 2 aromatic carbocycles. The van der Waals surface area contributed by atoms with Gasteiger partial charge in [0.15, 0.2) is 0 Å². The molecule has 0 N–H and O–H groups in total. The predicted molar refractivity (Wildman–Crippen MR) is 105 cm³/mol. The van der Waals surface area contributed by atoms with E-state index in [-0.39, 0.29) is 11.7 Å². The Morgan fingerprint density at radius 1 is 0.926 bits per heavy atom. The van der Waals surface area contributed by atoms with Crippen LogP contribution in [0.5, 0.6) is 5.75 Å². The molecule has 0 spiro atoms. The first-order chi connectivity index (χ1) is 12.5. The quantitative estimate of drug-likeness (QED) is 0.542. The molecule has 0 aromatic heterocycles. The van der Waals surface area contributed by atoms with Gasteiger partial charge >= 0.3 is 6.18 Å². The van der Waals surface area contributed by atoms with E-state index in [0.717, 1.165) is 35.3 Å². The Morgan fingerprint density at radius 3 is 2.11 bits per heavy atom. The third kappa shape index (κ3) is 4.66. The van der Waals surface area contributed by atoms with Gasteiger partial charge in [0.2, 0.25) is 0 Å². The van der Waals surface area contributed by atoms with Crippen molar-refractivity contribution in [3.05, 3.63) is 48.5 Å². The molecule has 0 unspecified atom stereocenters. The van der Waals surface area contributed by atoms with Gasteiger partial charge in [0.1, 0.15) is 5.75 Å². The normalized spacial score (nSPS) is 21.3. The molecule has 2 aromatic rings. The third-order valence-corrected chi connectivity index (χ3v) is 5.70. The van der Waals surface area contributed by atoms with Crippen LogP contribution < -0.4 is 4.74 Å². The van der Waals surface area contributed by atoms with Gasteiger partial charge in [0.05, 0.1) is 11.7 Å². The molecule has 0 atom stereocenters. The number of halogens is 3. The summed E-state index contributed by atoms with van der Waals surface area (Å²) in [6.45, 7) is 10.1. The third-order valence-electron chi connectivity index (χ3n) is 5.70. The zero-order valence-electron chi connectivity index (χ0n) is 16.2. The fraction of sp³-hybridized carbons (Fsp3) is 0.478. The van der Waals surface area contributed by atoms with Crippen LogP contribution in [0, 0.1) is 11.3 Å². The Labute approximate surface area is 159 Å². The first-order valence-corrected chi connectivity index (χ1v) is 9.51. The lowest BCUT2D eigenvalue weighted by Gasteiger charge is -2.37. The molecule has 0 saturated heterocycles. The van der Waals surface area contributed by atoms with Gasteiger partial charge in [-0.05, 0) is 71.6 Å². The molecule has 27 heavy (non-hydrogen) atoms. The molecule has 0 radical (unpaired) electrons. The van der Waals surface area contributed by atoms with Crippen LogP contribution in [-0.4, -0.2) is 12.3 Å². The Morgan fingerprint density at radius 2 is 1.52 bits per heavy atom. The van der Waals surface area contributed by atoms with Gasteiger partial charge < -0.3 is 4.74 Å². The van der Waals surface area contributed by atoms with E-state index in [1.165, 1.54) is 25.0 Å². The van der Waals surface area contributed by atoms with E-state index in [0.29, 0.717) is 5.41 Å². The van der Waals surface area contributed by atoms with Crippen molar-refractivity contribution in [2.45, 2.75) is 58.7 Å². The fourth-order valence-corrected chi connectivity index (χ4v) is 3.89. The molecular formula is C23H27F3O. The summed E-state index contributed by atoms with van der Waals surface area (Å²) >= 11 is 0. The van der Waals surface area contributed by atoms with Crippen molar-refractivity contribution in [1.29, 1.82) is 0 Å². The van der Waals surface area contributed by atoms with E-state index < -0.39 is 11.7 Å². The Balaban J connectivity index is 1.70. The highest BCUT2D eigenvalue weighted by molar-refractivity contribution is 5.87. The number of allylic oxidation sites excluding steroid dienone is 1. The summed E-state index contributed by atoms with van der Waals surface area (Å²) in [4.78, 5) is 0. The maximum atomic E-state index is 12.8. The zero-order valence-corrected chi connectivity index (χ0v) is 16.2. The van der Waals surface area contributed by atoms with E-state index in [1.807, 2.05) is 18.2 Å². The number of alkyl halides is 3. The molecule has 0 amide bonds. The maximum Gasteiger partial charge on any atom is 0.416 e. The minimum atomic E-state index is -4.41. The second kappa shape index (κ2) is 7.21. The summed E-state index contributed by atoms with van der Waals surface area (Å²) in [5, 5.41) is 1.62. The molecule has 146 valence electrons. The van der Waals surface area contributed by atoms with E-state index in [1.54, 1.807) is 6.07 Å². The first-order valence-electron chi connectivity index (χ1n) is 9.51. The molecule has 3 rings (SSSR count). The van der Waals surface area contributed by atoms with E-state index >= 15 is 0 Å². The van der Waals surface area contributed by atoms with Crippen LogP contribution in [0.2, 0.25) is 0 Å². The van der Waals surface area contributed by atoms with Crippen LogP contribution in [-0.2, 0) is 0 Å². The molecule has 1 aliphatic carbocycles. The largest absolute Gasteiger partial charge is 0.490 e. The molecule has 0 bridgehead atoms. The van der Waals surface area contributed by atoms with E-state index in [4.69, 9.17) is 4.74 Å². The molecule has 1 aliphatic rings. The molecule has 1 saturated carbocycles. The number of benzene rings is 2. The maximum absolute atomic E-state index is 12.8. The smallest absolute Gasteiger partial charge is 0.416 e. The molecule has 4 heteroatoms. The van der Waals surface area contributed by atoms with Crippen LogP contribution in [0.3, 0.4) is 0 Å². The summed E-state index contributed by atoms with van der Waals surface area (Å²) in [7, 11) is 0. The summed E-state index contributed by atoms with van der Waals surface area (Å²) in [5.74, 6) is 1.51. The van der Waals surface area contributed by atoms with Gasteiger partial charge in [-0.1, -0.05) is 45.5 Å². The van der Waals surface area contributed by atoms with Crippen molar-refractivity contribution in [3.8, 4) is 5.75 Å². The van der Waals surface area contributed by atoms with Crippen LogP contribution in [0.4, 0.5) is 13.2 Å². The van der Waals surface area contributed by atoms with Crippen LogP contribution in [0.15, 0.2) is 43.0 Å². The topological polar surface area (TPSA) is 9.23 Å². The van der Waals surface area contributed by atoms with E-state index in [2.05, 4.69) is 27.4 Å².